The summed E-state index contributed by atoms with van der Waals surface area (Å²) in [6, 6.07) is 4.25. The SMILES string of the molecule is CN(C(=O)Oc1c(-n2ccn(CC3(O)CCCNC3)c2=O)cc(C(F)(F)F)cc1C(F)(F)F)c1ccc(F)cc1. The second kappa shape index (κ2) is 10.6. The van der Waals surface area contributed by atoms with Gasteiger partial charge in [0, 0.05) is 31.7 Å². The Kier molecular flexibility index (Phi) is 7.73. The molecule has 2 N–H and O–H groups in total. The lowest BCUT2D eigenvalue weighted by Gasteiger charge is -2.32. The Morgan fingerprint density at radius 3 is 2.35 bits per heavy atom. The Labute approximate surface area is 222 Å². The molecule has 1 atom stereocenters. The standard InChI is InChI=1S/C25H23F7N4O4/c1-34(17-5-3-16(26)4-6-17)22(38)40-20-18(25(30,31)32)11-15(24(27,28)29)12-19(20)36-10-9-35(21(36)37)14-23(39)7-2-8-33-13-23/h3-6,9-12,33,39H,2,7-8,13-14H2,1H3. The number of imidazole rings is 1. The lowest BCUT2D eigenvalue weighted by atomic mass is 9.94. The first-order valence-electron chi connectivity index (χ1n) is 11.8. The van der Waals surface area contributed by atoms with E-state index in [9.17, 15) is 45.4 Å². The minimum atomic E-state index is -5.44. The Balaban J connectivity index is 1.84. The highest BCUT2D eigenvalue weighted by atomic mass is 19.4. The van der Waals surface area contributed by atoms with Gasteiger partial charge in [-0.1, -0.05) is 0 Å². The molecular formula is C25H23F7N4O4. The van der Waals surface area contributed by atoms with Gasteiger partial charge in [-0.05, 0) is 55.8 Å². The number of nitrogens with one attached hydrogen (secondary N) is 1. The molecule has 0 saturated carbocycles. The number of benzene rings is 2. The number of hydrogen-bond donors (Lipinski definition) is 2. The number of anilines is 1. The minimum absolute atomic E-state index is 0.00563. The zero-order valence-corrected chi connectivity index (χ0v) is 20.8. The van der Waals surface area contributed by atoms with Gasteiger partial charge < -0.3 is 15.2 Å². The van der Waals surface area contributed by atoms with Crippen LogP contribution in [0.25, 0.3) is 5.69 Å². The van der Waals surface area contributed by atoms with Crippen molar-refractivity contribution in [3.63, 3.8) is 0 Å². The molecule has 40 heavy (non-hydrogen) atoms. The van der Waals surface area contributed by atoms with Gasteiger partial charge in [-0.25, -0.2) is 14.0 Å². The average Bonchev–Trinajstić information content (AvgIpc) is 3.22. The normalized spacial score (nSPS) is 18.0. The van der Waals surface area contributed by atoms with Crippen molar-refractivity contribution in [3.8, 4) is 11.4 Å². The number of amides is 1. The van der Waals surface area contributed by atoms with Crippen molar-refractivity contribution < 1.29 is 45.4 Å². The molecule has 1 aliphatic rings. The van der Waals surface area contributed by atoms with E-state index in [4.69, 9.17) is 4.74 Å². The van der Waals surface area contributed by atoms with E-state index in [-0.39, 0.29) is 30.9 Å². The van der Waals surface area contributed by atoms with Crippen molar-refractivity contribution in [3.05, 3.63) is 76.2 Å². The number of piperidine rings is 1. The minimum Gasteiger partial charge on any atom is -0.407 e. The van der Waals surface area contributed by atoms with E-state index in [1.54, 1.807) is 0 Å². The molecule has 216 valence electrons. The summed E-state index contributed by atoms with van der Waals surface area (Å²) in [5, 5.41) is 13.7. The molecule has 1 unspecified atom stereocenters. The first-order chi connectivity index (χ1) is 18.6. The quantitative estimate of drug-likeness (QED) is 0.435. The monoisotopic (exact) mass is 576 g/mol. The summed E-state index contributed by atoms with van der Waals surface area (Å²) < 4.78 is 103. The van der Waals surface area contributed by atoms with Crippen LogP contribution in [0.5, 0.6) is 5.75 Å². The van der Waals surface area contributed by atoms with Gasteiger partial charge >= 0.3 is 24.1 Å². The van der Waals surface area contributed by atoms with E-state index in [1.807, 2.05) is 0 Å². The van der Waals surface area contributed by atoms with Crippen molar-refractivity contribution in [2.75, 3.05) is 25.0 Å². The molecule has 4 rings (SSSR count). The number of nitrogens with zero attached hydrogens (tertiary/aromatic N) is 3. The van der Waals surface area contributed by atoms with Crippen molar-refractivity contribution in [1.29, 1.82) is 0 Å². The number of ether oxygens (including phenoxy) is 1. The molecule has 1 fully saturated rings. The van der Waals surface area contributed by atoms with Gasteiger partial charge in [-0.15, -0.1) is 0 Å². The van der Waals surface area contributed by atoms with E-state index in [1.165, 1.54) is 0 Å². The molecule has 0 radical (unpaired) electrons. The number of carbonyl (C=O) groups is 1. The van der Waals surface area contributed by atoms with Gasteiger partial charge in [0.25, 0.3) is 0 Å². The summed E-state index contributed by atoms with van der Waals surface area (Å²) in [7, 11) is 1.09. The van der Waals surface area contributed by atoms with Crippen LogP contribution in [0.15, 0.2) is 53.6 Å². The second-order valence-corrected chi connectivity index (χ2v) is 9.35. The Bertz CT molecular complexity index is 1440. The van der Waals surface area contributed by atoms with Crippen molar-refractivity contribution in [1.82, 2.24) is 14.5 Å². The van der Waals surface area contributed by atoms with Crippen LogP contribution >= 0.6 is 0 Å². The van der Waals surface area contributed by atoms with E-state index in [2.05, 4.69) is 5.32 Å². The number of halogens is 7. The average molecular weight is 576 g/mol. The van der Waals surface area contributed by atoms with Crippen molar-refractivity contribution in [2.45, 2.75) is 37.3 Å². The maximum absolute atomic E-state index is 14.0. The predicted octanol–water partition coefficient (Wildman–Crippen LogP) is 4.57. The highest BCUT2D eigenvalue weighted by Crippen LogP contribution is 2.44. The van der Waals surface area contributed by atoms with Crippen LogP contribution < -0.4 is 20.6 Å². The summed E-state index contributed by atoms with van der Waals surface area (Å²) in [4.78, 5) is 26.7. The van der Waals surface area contributed by atoms with Crippen LogP contribution in [0.3, 0.4) is 0 Å². The van der Waals surface area contributed by atoms with Gasteiger partial charge in [-0.2, -0.15) is 26.3 Å². The number of rotatable bonds is 5. The molecule has 0 spiro atoms. The van der Waals surface area contributed by atoms with E-state index in [0.29, 0.717) is 28.9 Å². The summed E-state index contributed by atoms with van der Waals surface area (Å²) in [6.07, 6.45) is -9.24. The maximum atomic E-state index is 14.0. The smallest absolute Gasteiger partial charge is 0.407 e. The first-order valence-corrected chi connectivity index (χ1v) is 11.8. The van der Waals surface area contributed by atoms with Gasteiger partial charge in [0.1, 0.15) is 11.4 Å². The molecule has 1 aliphatic heterocycles. The largest absolute Gasteiger partial charge is 0.420 e. The lowest BCUT2D eigenvalue weighted by molar-refractivity contribution is -0.143. The summed E-state index contributed by atoms with van der Waals surface area (Å²) >= 11 is 0. The van der Waals surface area contributed by atoms with Crippen LogP contribution in [0, 0.1) is 5.82 Å². The summed E-state index contributed by atoms with van der Waals surface area (Å²) in [6.45, 7) is 0.452. The third-order valence-electron chi connectivity index (χ3n) is 6.40. The first kappa shape index (κ1) is 29.1. The Morgan fingerprint density at radius 1 is 1.10 bits per heavy atom. The van der Waals surface area contributed by atoms with E-state index >= 15 is 0 Å². The van der Waals surface area contributed by atoms with E-state index < -0.39 is 58.1 Å². The topological polar surface area (TPSA) is 88.7 Å². The fourth-order valence-corrected chi connectivity index (χ4v) is 4.32. The number of aromatic nitrogens is 2. The fourth-order valence-electron chi connectivity index (χ4n) is 4.32. The highest BCUT2D eigenvalue weighted by Gasteiger charge is 2.42. The molecule has 2 aromatic carbocycles. The van der Waals surface area contributed by atoms with Gasteiger partial charge in [0.05, 0.1) is 23.4 Å². The predicted molar refractivity (Wildman–Crippen MR) is 128 cm³/mol. The molecule has 1 amide bonds. The fraction of sp³-hybridized carbons (Fsp3) is 0.360. The van der Waals surface area contributed by atoms with Crippen molar-refractivity contribution in [2.24, 2.45) is 0 Å². The zero-order chi connectivity index (χ0) is 29.5. The van der Waals surface area contributed by atoms with Gasteiger partial charge in [0.2, 0.25) is 0 Å². The maximum Gasteiger partial charge on any atom is 0.420 e. The number of hydrogen-bond acceptors (Lipinski definition) is 5. The molecule has 15 heteroatoms. The van der Waals surface area contributed by atoms with Crippen LogP contribution in [0.4, 0.5) is 41.2 Å². The molecule has 0 bridgehead atoms. The van der Waals surface area contributed by atoms with E-state index in [0.717, 1.165) is 48.3 Å². The van der Waals surface area contributed by atoms with Crippen LogP contribution in [-0.4, -0.2) is 46.1 Å². The highest BCUT2D eigenvalue weighted by molar-refractivity contribution is 5.89. The van der Waals surface area contributed by atoms with Crippen LogP contribution in [0.2, 0.25) is 0 Å². The molecule has 0 aliphatic carbocycles. The van der Waals surface area contributed by atoms with Gasteiger partial charge in [-0.3, -0.25) is 14.0 Å². The number of carbonyl (C=O) groups excluding carboxylic acids is 1. The number of aliphatic hydroxyl groups is 1. The third-order valence-corrected chi connectivity index (χ3v) is 6.40. The molecule has 2 heterocycles. The molecule has 1 aromatic heterocycles. The summed E-state index contributed by atoms with van der Waals surface area (Å²) in [5.74, 6) is -2.01. The van der Waals surface area contributed by atoms with Crippen LogP contribution in [0.1, 0.15) is 24.0 Å². The molecule has 8 nitrogen and oxygen atoms in total. The zero-order valence-electron chi connectivity index (χ0n) is 20.8. The third kappa shape index (κ3) is 6.14. The lowest BCUT2D eigenvalue weighted by Crippen LogP contribution is -2.49. The van der Waals surface area contributed by atoms with Crippen LogP contribution in [-0.2, 0) is 18.9 Å². The number of alkyl halides is 6. The Hall–Kier alpha value is -3.85. The summed E-state index contributed by atoms with van der Waals surface area (Å²) in [5.41, 5.74) is -7.14. The Morgan fingerprint density at radius 2 is 1.77 bits per heavy atom. The molecule has 3 aromatic rings. The second-order valence-electron chi connectivity index (χ2n) is 9.35. The number of β-amino-alcohol motifs (C(OH)–C–C–N with tert-alkyl or cyclic N) is 1. The molecule has 1 saturated heterocycles. The van der Waals surface area contributed by atoms with Crippen molar-refractivity contribution >= 4 is 11.8 Å². The van der Waals surface area contributed by atoms with Gasteiger partial charge in [0.15, 0.2) is 5.75 Å². The molecular weight excluding hydrogens is 553 g/mol.